The van der Waals surface area contributed by atoms with Crippen molar-refractivity contribution >= 4 is 163 Å². The molecular weight excluding hydrogens is 1770 g/mol. The van der Waals surface area contributed by atoms with Crippen LogP contribution in [0.25, 0.3) is 267 Å². The molecule has 0 spiro atoms. The molecule has 0 fully saturated rings. The Morgan fingerprint density at radius 2 is 0.431 bits per heavy atom. The molecule has 672 valence electrons. The standard InChI is InChI=1S/3C42H26N6/c1-4-13-27(14-5-1)40-44-41(28-15-6-2-7-16-28)46-42(45-40)48-35-21-11-10-19-30(35)31-22-23-33-37-32-20-12-26-43-34(32)24-25-36(37)47(39(33)38(31)48)29-17-8-3-9-18-29;1-4-12-28(13-5-1)40-44-41(29-14-6-2-7-15-29)46-42(45-40)48-35-19-11-10-18-31(35)32-21-22-33-37-34-26-43-25-24-27(34)20-23-36(37)47(39(33)38(32)48)30-16-8-3-9-17-30;1-4-12-27(13-5-1)40-44-41(28-14-6-2-7-15-28)46-42(45-40)48-35-19-11-10-18-32(35)33-21-22-34-37-31-24-25-43-26-29(31)20-23-36(37)47(39(34)38(33)48)30-16-8-3-9-17-30/h3*1-26H. The van der Waals surface area contributed by atoms with Crippen molar-refractivity contribution in [2.24, 2.45) is 0 Å². The third kappa shape index (κ3) is 13.5. The number of para-hydroxylation sites is 6. The molecule has 0 amide bonds. The van der Waals surface area contributed by atoms with E-state index in [4.69, 9.17) is 49.8 Å². The van der Waals surface area contributed by atoms with E-state index in [-0.39, 0.29) is 0 Å². The summed E-state index contributed by atoms with van der Waals surface area (Å²) in [6, 6.07) is 153. The first-order chi connectivity index (χ1) is 71.5. The number of benzene rings is 18. The summed E-state index contributed by atoms with van der Waals surface area (Å²) in [6.45, 7) is 0. The molecule has 30 rings (SSSR count). The molecule has 144 heavy (non-hydrogen) atoms. The van der Waals surface area contributed by atoms with Crippen LogP contribution in [-0.2, 0) is 0 Å². The smallest absolute Gasteiger partial charge is 0.238 e. The van der Waals surface area contributed by atoms with Crippen LogP contribution in [0.4, 0.5) is 0 Å². The third-order valence-electron chi connectivity index (χ3n) is 27.7. The molecule has 0 saturated heterocycles. The van der Waals surface area contributed by atoms with Gasteiger partial charge in [0.2, 0.25) is 17.8 Å². The fourth-order valence-electron chi connectivity index (χ4n) is 21.5. The lowest BCUT2D eigenvalue weighted by molar-refractivity contribution is 0.953. The maximum Gasteiger partial charge on any atom is 0.238 e. The quantitative estimate of drug-likeness (QED) is 0.113. The van der Waals surface area contributed by atoms with Gasteiger partial charge in [-0.05, 0) is 108 Å². The van der Waals surface area contributed by atoms with E-state index in [0.717, 1.165) is 192 Å². The maximum atomic E-state index is 5.21. The Morgan fingerprint density at radius 3 is 0.792 bits per heavy atom. The monoisotopic (exact) mass is 1840 g/mol. The van der Waals surface area contributed by atoms with Gasteiger partial charge in [0.1, 0.15) is 0 Å². The van der Waals surface area contributed by atoms with Gasteiger partial charge in [-0.2, -0.15) is 29.9 Å². The first kappa shape index (κ1) is 82.3. The number of rotatable bonds is 12. The van der Waals surface area contributed by atoms with Gasteiger partial charge in [-0.15, -0.1) is 0 Å². The molecule has 18 aromatic carbocycles. The molecule has 12 aromatic heterocycles. The molecule has 12 heterocycles. The van der Waals surface area contributed by atoms with E-state index in [2.05, 4.69) is 292 Å². The van der Waals surface area contributed by atoms with Gasteiger partial charge in [-0.1, -0.05) is 346 Å². The highest BCUT2D eigenvalue weighted by molar-refractivity contribution is 6.32. The molecule has 0 unspecified atom stereocenters. The zero-order valence-corrected chi connectivity index (χ0v) is 77.1. The Kier molecular flexibility index (Phi) is 19.4. The Labute approximate surface area is 822 Å². The maximum absolute atomic E-state index is 5.21. The molecule has 0 radical (unpaired) electrons. The summed E-state index contributed by atoms with van der Waals surface area (Å²) in [5.74, 6) is 5.45. The van der Waals surface area contributed by atoms with Crippen molar-refractivity contribution in [2.75, 3.05) is 0 Å². The van der Waals surface area contributed by atoms with Crippen LogP contribution in [0, 0.1) is 0 Å². The molecule has 30 aromatic rings. The topological polar surface area (TPSA) is 184 Å². The van der Waals surface area contributed by atoms with Crippen molar-refractivity contribution < 1.29 is 0 Å². The molecule has 0 atom stereocenters. The Bertz CT molecular complexity index is 9220. The minimum Gasteiger partial charge on any atom is -0.307 e. The number of nitrogens with zero attached hydrogens (tertiary/aromatic N) is 18. The second-order valence-corrected chi connectivity index (χ2v) is 35.8. The van der Waals surface area contributed by atoms with E-state index >= 15 is 0 Å². The lowest BCUT2D eigenvalue weighted by Gasteiger charge is -2.13. The van der Waals surface area contributed by atoms with Crippen LogP contribution in [-0.4, -0.2) is 87.2 Å². The average Bonchev–Trinajstić information content (AvgIpc) is 1.54. The zero-order valence-electron chi connectivity index (χ0n) is 77.1. The van der Waals surface area contributed by atoms with E-state index in [9.17, 15) is 0 Å². The summed E-state index contributed by atoms with van der Waals surface area (Å²) in [7, 11) is 0. The van der Waals surface area contributed by atoms with Crippen molar-refractivity contribution in [3.63, 3.8) is 0 Å². The highest BCUT2D eigenvalue weighted by Gasteiger charge is 2.31. The largest absolute Gasteiger partial charge is 0.307 e. The Morgan fingerprint density at radius 1 is 0.153 bits per heavy atom. The van der Waals surface area contributed by atoms with Gasteiger partial charge in [-0.25, -0.2) is 15.0 Å². The first-order valence-electron chi connectivity index (χ1n) is 48.0. The van der Waals surface area contributed by atoms with Gasteiger partial charge >= 0.3 is 0 Å². The molecule has 0 bridgehead atoms. The molecule has 18 nitrogen and oxygen atoms in total. The lowest BCUT2D eigenvalue weighted by atomic mass is 10.0. The molecule has 0 aliphatic carbocycles. The predicted molar refractivity (Wildman–Crippen MR) is 584 cm³/mol. The lowest BCUT2D eigenvalue weighted by Crippen LogP contribution is -2.07. The van der Waals surface area contributed by atoms with E-state index in [1.165, 1.54) is 21.5 Å². The molecule has 0 N–H and O–H groups in total. The van der Waals surface area contributed by atoms with Crippen LogP contribution in [0.2, 0.25) is 0 Å². The highest BCUT2D eigenvalue weighted by atomic mass is 15.2. The second-order valence-electron chi connectivity index (χ2n) is 35.8. The Balaban J connectivity index is 0.000000105. The molecule has 0 saturated carbocycles. The second kappa shape index (κ2) is 34.0. The third-order valence-corrected chi connectivity index (χ3v) is 27.7. The summed E-state index contributed by atoms with van der Waals surface area (Å²) in [5, 5.41) is 19.4. The van der Waals surface area contributed by atoms with Crippen molar-refractivity contribution in [1.82, 2.24) is 87.2 Å². The average molecular weight is 1840 g/mol. The van der Waals surface area contributed by atoms with Crippen LogP contribution in [0.3, 0.4) is 0 Å². The molecule has 0 aliphatic rings. The van der Waals surface area contributed by atoms with Gasteiger partial charge in [0.05, 0.1) is 71.7 Å². The fourth-order valence-corrected chi connectivity index (χ4v) is 21.5. The van der Waals surface area contributed by atoms with E-state index < -0.39 is 0 Å². The number of fused-ring (bicyclic) bond motifs is 27. The van der Waals surface area contributed by atoms with Crippen LogP contribution in [0.1, 0.15) is 0 Å². The number of hydrogen-bond acceptors (Lipinski definition) is 12. The number of hydrogen-bond donors (Lipinski definition) is 0. The number of aromatic nitrogens is 18. The van der Waals surface area contributed by atoms with Gasteiger partial charge in [0.15, 0.2) is 34.9 Å². The predicted octanol–water partition coefficient (Wildman–Crippen LogP) is 29.8. The van der Waals surface area contributed by atoms with Crippen LogP contribution >= 0.6 is 0 Å². The zero-order chi connectivity index (χ0) is 94.8. The number of pyridine rings is 3. The van der Waals surface area contributed by atoms with Gasteiger partial charge in [0, 0.05) is 162 Å². The summed E-state index contributed by atoms with van der Waals surface area (Å²) in [6.07, 6.45) is 9.52. The summed E-state index contributed by atoms with van der Waals surface area (Å²) in [5.41, 5.74) is 22.6. The van der Waals surface area contributed by atoms with Crippen molar-refractivity contribution in [3.05, 3.63) is 474 Å². The molecule has 18 heteroatoms. The van der Waals surface area contributed by atoms with Crippen LogP contribution in [0.15, 0.2) is 474 Å². The van der Waals surface area contributed by atoms with E-state index in [1.54, 1.807) is 0 Å². The summed E-state index contributed by atoms with van der Waals surface area (Å²) < 4.78 is 13.8. The first-order valence-corrected chi connectivity index (χ1v) is 48.0. The minimum atomic E-state index is 0.567. The Hall–Kier alpha value is -20.0. The summed E-state index contributed by atoms with van der Waals surface area (Å²) in [4.78, 5) is 59.9. The highest BCUT2D eigenvalue weighted by Crippen LogP contribution is 2.49. The normalized spacial score (nSPS) is 11.8. The van der Waals surface area contributed by atoms with Gasteiger partial charge < -0.3 is 13.7 Å². The molecule has 0 aliphatic heterocycles. The van der Waals surface area contributed by atoms with Crippen LogP contribution in [0.5, 0.6) is 0 Å². The van der Waals surface area contributed by atoms with Crippen molar-refractivity contribution in [3.8, 4) is 103 Å². The van der Waals surface area contributed by atoms with Crippen molar-refractivity contribution in [1.29, 1.82) is 0 Å². The van der Waals surface area contributed by atoms with Gasteiger partial charge in [0.25, 0.3) is 0 Å². The SMILES string of the molecule is c1ccc(-c2nc(-c3ccccc3)nc(-n3c4ccccc4c4ccc5c6c7cccnc7ccc6n(-c6ccccc6)c5c43)n2)cc1.c1ccc(-c2nc(-c3ccccc3)nc(-n3c4ccccc4c4ccc5c6c7ccncc7ccc6n(-c6ccccc6)c5c43)n2)cc1.c1ccc(-c2nc(-c3ccccc3)nc(-n3c4ccccc4c4ccc5c6c7cnccc7ccc6n(-c6ccccc6)c5c43)n2)cc1. The van der Waals surface area contributed by atoms with E-state index in [0.29, 0.717) is 52.8 Å². The fraction of sp³-hybridized carbons (Fsp3) is 0. The van der Waals surface area contributed by atoms with Crippen molar-refractivity contribution in [2.45, 2.75) is 0 Å². The van der Waals surface area contributed by atoms with Crippen LogP contribution < -0.4 is 0 Å². The van der Waals surface area contributed by atoms with Gasteiger partial charge in [-0.3, -0.25) is 28.7 Å². The summed E-state index contributed by atoms with van der Waals surface area (Å²) >= 11 is 0. The molecular formula is C126H78N18. The van der Waals surface area contributed by atoms with E-state index in [1.807, 2.05) is 219 Å². The minimum absolute atomic E-state index is 0.567.